The highest BCUT2D eigenvalue weighted by Gasteiger charge is 2.07. The third-order valence-electron chi connectivity index (χ3n) is 3.74. The number of nitrogens with two attached hydrogens (primary N) is 1. The van der Waals surface area contributed by atoms with Gasteiger partial charge in [-0.15, -0.1) is 0 Å². The Bertz CT molecular complexity index is 434. The molecule has 0 unspecified atom stereocenters. The van der Waals surface area contributed by atoms with E-state index in [-0.39, 0.29) is 0 Å². The molecule has 2 nitrogen and oxygen atoms in total. The van der Waals surface area contributed by atoms with Crippen LogP contribution < -0.4 is 10.5 Å². The Labute approximate surface area is 135 Å². The zero-order valence-corrected chi connectivity index (χ0v) is 14.5. The molecule has 3 heteroatoms. The number of thiocarbonyl (C=S) groups is 1. The minimum Gasteiger partial charge on any atom is -0.493 e. The van der Waals surface area contributed by atoms with Gasteiger partial charge >= 0.3 is 0 Å². The minimum absolute atomic E-state index is 0.444. The lowest BCUT2D eigenvalue weighted by molar-refractivity contribution is 0.300. The van der Waals surface area contributed by atoms with Crippen molar-refractivity contribution >= 4 is 17.2 Å². The SMILES string of the molecule is CCCCCCCCCOc1c(C)cc(C(N)=S)cc1C. The molecular weight excluding hydrogens is 278 g/mol. The molecule has 0 saturated carbocycles. The van der Waals surface area contributed by atoms with Crippen LogP contribution in [0.5, 0.6) is 5.75 Å². The zero-order chi connectivity index (χ0) is 15.7. The number of unbranched alkanes of at least 4 members (excludes halogenated alkanes) is 6. The summed E-state index contributed by atoms with van der Waals surface area (Å²) in [6.45, 7) is 7.15. The van der Waals surface area contributed by atoms with Crippen LogP contribution in [0.25, 0.3) is 0 Å². The molecule has 1 rings (SSSR count). The molecule has 0 aliphatic rings. The van der Waals surface area contributed by atoms with Crippen LogP contribution in [0.4, 0.5) is 0 Å². The molecule has 0 aliphatic carbocycles. The quantitative estimate of drug-likeness (QED) is 0.484. The van der Waals surface area contributed by atoms with Crippen molar-refractivity contribution in [2.45, 2.75) is 65.7 Å². The van der Waals surface area contributed by atoms with Crippen LogP contribution in [-0.4, -0.2) is 11.6 Å². The fourth-order valence-electron chi connectivity index (χ4n) is 2.55. The molecule has 21 heavy (non-hydrogen) atoms. The van der Waals surface area contributed by atoms with Gasteiger partial charge in [0, 0.05) is 5.56 Å². The van der Waals surface area contributed by atoms with E-state index in [1.807, 2.05) is 12.1 Å². The molecule has 0 radical (unpaired) electrons. The number of rotatable bonds is 10. The highest BCUT2D eigenvalue weighted by molar-refractivity contribution is 7.80. The van der Waals surface area contributed by atoms with E-state index in [1.54, 1.807) is 0 Å². The predicted octanol–water partition coefficient (Wildman–Crippen LogP) is 5.07. The lowest BCUT2D eigenvalue weighted by Crippen LogP contribution is -2.10. The normalized spacial score (nSPS) is 10.6. The second-order valence-electron chi connectivity index (χ2n) is 5.77. The summed E-state index contributed by atoms with van der Waals surface area (Å²) in [5.74, 6) is 0.987. The van der Waals surface area contributed by atoms with E-state index in [1.165, 1.54) is 38.5 Å². The molecule has 1 aromatic carbocycles. The molecule has 0 aromatic heterocycles. The van der Waals surface area contributed by atoms with Gasteiger partial charge in [0.2, 0.25) is 0 Å². The monoisotopic (exact) mass is 307 g/mol. The summed E-state index contributed by atoms with van der Waals surface area (Å²) >= 11 is 5.03. The van der Waals surface area contributed by atoms with Crippen LogP contribution in [0.3, 0.4) is 0 Å². The maximum absolute atomic E-state index is 5.95. The van der Waals surface area contributed by atoms with Crippen molar-refractivity contribution in [3.05, 3.63) is 28.8 Å². The van der Waals surface area contributed by atoms with Gasteiger partial charge in [-0.2, -0.15) is 0 Å². The van der Waals surface area contributed by atoms with Gasteiger partial charge in [-0.25, -0.2) is 0 Å². The van der Waals surface area contributed by atoms with Crippen molar-refractivity contribution in [2.24, 2.45) is 5.73 Å². The Kier molecular flexibility index (Phi) is 8.36. The Morgan fingerprint density at radius 1 is 1.00 bits per heavy atom. The third-order valence-corrected chi connectivity index (χ3v) is 3.97. The first kappa shape index (κ1) is 18.0. The van der Waals surface area contributed by atoms with E-state index in [0.717, 1.165) is 35.5 Å². The number of hydrogen-bond donors (Lipinski definition) is 1. The second-order valence-corrected chi connectivity index (χ2v) is 6.21. The molecule has 0 saturated heterocycles. The van der Waals surface area contributed by atoms with E-state index in [9.17, 15) is 0 Å². The van der Waals surface area contributed by atoms with Crippen molar-refractivity contribution in [3.8, 4) is 5.75 Å². The standard InChI is InChI=1S/C18H29NOS/c1-4-5-6-7-8-9-10-11-20-17-14(2)12-16(18(19)21)13-15(17)3/h12-13H,4-11H2,1-3H3,(H2,19,21). The van der Waals surface area contributed by atoms with E-state index < -0.39 is 0 Å². The first-order valence-electron chi connectivity index (χ1n) is 8.10. The van der Waals surface area contributed by atoms with Crippen molar-refractivity contribution in [1.29, 1.82) is 0 Å². The zero-order valence-electron chi connectivity index (χ0n) is 13.7. The second kappa shape index (κ2) is 9.78. The fraction of sp³-hybridized carbons (Fsp3) is 0.611. The third kappa shape index (κ3) is 6.47. The van der Waals surface area contributed by atoms with Crippen molar-refractivity contribution in [3.63, 3.8) is 0 Å². The summed E-state index contributed by atoms with van der Waals surface area (Å²) in [5, 5.41) is 0. The molecule has 0 atom stereocenters. The van der Waals surface area contributed by atoms with Gasteiger partial charge in [0.05, 0.1) is 6.61 Å². The van der Waals surface area contributed by atoms with Crippen LogP contribution in [0.1, 0.15) is 68.6 Å². The summed E-state index contributed by atoms with van der Waals surface area (Å²) in [4.78, 5) is 0.444. The topological polar surface area (TPSA) is 35.2 Å². The number of aryl methyl sites for hydroxylation is 2. The Hall–Kier alpha value is -1.09. The summed E-state index contributed by atoms with van der Waals surface area (Å²) in [6.07, 6.45) is 9.11. The summed E-state index contributed by atoms with van der Waals surface area (Å²) in [7, 11) is 0. The lowest BCUT2D eigenvalue weighted by atomic mass is 10.1. The fourth-order valence-corrected chi connectivity index (χ4v) is 2.67. The van der Waals surface area contributed by atoms with Crippen molar-refractivity contribution in [2.75, 3.05) is 6.61 Å². The Balaban J connectivity index is 2.34. The molecule has 0 spiro atoms. The van der Waals surface area contributed by atoms with Gasteiger partial charge in [0.25, 0.3) is 0 Å². The summed E-state index contributed by atoms with van der Waals surface area (Å²) in [5.41, 5.74) is 8.83. The highest BCUT2D eigenvalue weighted by atomic mass is 32.1. The van der Waals surface area contributed by atoms with Gasteiger partial charge < -0.3 is 10.5 Å². The van der Waals surface area contributed by atoms with Gasteiger partial charge in [0.15, 0.2) is 0 Å². The smallest absolute Gasteiger partial charge is 0.125 e. The average molecular weight is 308 g/mol. The average Bonchev–Trinajstić information content (AvgIpc) is 2.43. The van der Waals surface area contributed by atoms with Crippen LogP contribution in [0, 0.1) is 13.8 Å². The van der Waals surface area contributed by atoms with Gasteiger partial charge in [-0.3, -0.25) is 0 Å². The maximum Gasteiger partial charge on any atom is 0.125 e. The highest BCUT2D eigenvalue weighted by Crippen LogP contribution is 2.25. The largest absolute Gasteiger partial charge is 0.493 e. The van der Waals surface area contributed by atoms with Crippen LogP contribution >= 0.6 is 12.2 Å². The molecular formula is C18H29NOS. The van der Waals surface area contributed by atoms with E-state index in [0.29, 0.717) is 4.99 Å². The summed E-state index contributed by atoms with van der Waals surface area (Å²) in [6, 6.07) is 4.02. The van der Waals surface area contributed by atoms with Crippen LogP contribution in [-0.2, 0) is 0 Å². The molecule has 1 aromatic rings. The van der Waals surface area contributed by atoms with Crippen molar-refractivity contribution in [1.82, 2.24) is 0 Å². The Morgan fingerprint density at radius 2 is 1.52 bits per heavy atom. The molecule has 2 N–H and O–H groups in total. The number of ether oxygens (including phenoxy) is 1. The van der Waals surface area contributed by atoms with E-state index in [2.05, 4.69) is 20.8 Å². The van der Waals surface area contributed by atoms with Gasteiger partial charge in [-0.1, -0.05) is 57.7 Å². The van der Waals surface area contributed by atoms with Gasteiger partial charge in [-0.05, 0) is 43.5 Å². The Morgan fingerprint density at radius 3 is 2.05 bits per heavy atom. The molecule has 0 heterocycles. The number of benzene rings is 1. The van der Waals surface area contributed by atoms with E-state index in [4.69, 9.17) is 22.7 Å². The van der Waals surface area contributed by atoms with Crippen LogP contribution in [0.15, 0.2) is 12.1 Å². The summed E-state index contributed by atoms with van der Waals surface area (Å²) < 4.78 is 5.95. The molecule has 0 bridgehead atoms. The molecule has 0 fully saturated rings. The number of hydrogen-bond acceptors (Lipinski definition) is 2. The van der Waals surface area contributed by atoms with Crippen LogP contribution in [0.2, 0.25) is 0 Å². The van der Waals surface area contributed by atoms with Gasteiger partial charge in [0.1, 0.15) is 10.7 Å². The first-order valence-corrected chi connectivity index (χ1v) is 8.51. The minimum atomic E-state index is 0.444. The molecule has 0 amide bonds. The first-order chi connectivity index (χ1) is 10.1. The lowest BCUT2D eigenvalue weighted by Gasteiger charge is -2.13. The predicted molar refractivity (Wildman–Crippen MR) is 95.3 cm³/mol. The van der Waals surface area contributed by atoms with Crippen molar-refractivity contribution < 1.29 is 4.74 Å². The molecule has 118 valence electrons. The molecule has 0 aliphatic heterocycles. The maximum atomic E-state index is 5.95. The van der Waals surface area contributed by atoms with E-state index >= 15 is 0 Å².